The Hall–Kier alpha value is -5.96. The Morgan fingerprint density at radius 1 is 0.409 bits per heavy atom. The van der Waals surface area contributed by atoms with Gasteiger partial charge in [0.1, 0.15) is 21.3 Å². The van der Waals surface area contributed by atoms with Gasteiger partial charge >= 0.3 is 5.71 Å². The smallest absolute Gasteiger partial charge is 0.506 e. The van der Waals surface area contributed by atoms with Crippen molar-refractivity contribution in [3.05, 3.63) is 92.7 Å². The van der Waals surface area contributed by atoms with Crippen LogP contribution in [0.25, 0.3) is 23.3 Å². The molecule has 0 unspecified atom stereocenters. The number of allylic oxidation sites excluding steroid dienone is 2. The summed E-state index contributed by atoms with van der Waals surface area (Å²) in [5.41, 5.74) is 12.0. The first-order valence-electron chi connectivity index (χ1n) is 24.8. The number of nitrogens with two attached hydrogens (primary N) is 2. The fourth-order valence-corrected chi connectivity index (χ4v) is 9.25. The molecule has 500 valence electrons. The molecular formula is C48H72Cu2N10O24S4+4. The monoisotopic (exact) mass is 1430 g/mol. The maximum atomic E-state index is 13.3. The number of aromatic hydroxyl groups is 2. The van der Waals surface area contributed by atoms with Crippen LogP contribution in [0.15, 0.2) is 90.5 Å². The average molecular weight is 1430 g/mol. The van der Waals surface area contributed by atoms with Gasteiger partial charge in [-0.15, -0.1) is 0 Å². The third kappa shape index (κ3) is 26.2. The first kappa shape index (κ1) is 82.0. The van der Waals surface area contributed by atoms with Crippen molar-refractivity contribution in [2.24, 2.45) is 10.2 Å². The van der Waals surface area contributed by atoms with Crippen molar-refractivity contribution in [1.29, 1.82) is 0 Å². The number of fused-ring (bicyclic) bond motifs is 2. The molecule has 0 aliphatic heterocycles. The number of benzene rings is 4. The number of aliphatic hydroxyl groups is 8. The van der Waals surface area contributed by atoms with Crippen LogP contribution in [0, 0.1) is 0 Å². The van der Waals surface area contributed by atoms with Crippen LogP contribution in [0.1, 0.15) is 37.5 Å². The molecule has 0 aromatic heterocycles. The molecule has 0 saturated heterocycles. The second-order valence-electron chi connectivity index (χ2n) is 16.9. The molecule has 0 atom stereocenters. The van der Waals surface area contributed by atoms with E-state index in [-0.39, 0.29) is 126 Å². The summed E-state index contributed by atoms with van der Waals surface area (Å²) in [6.45, 7) is 5.67. The van der Waals surface area contributed by atoms with Gasteiger partial charge in [0.15, 0.2) is 11.4 Å². The Morgan fingerprint density at radius 3 is 0.886 bits per heavy atom. The van der Waals surface area contributed by atoms with E-state index in [1.165, 1.54) is 24.3 Å². The summed E-state index contributed by atoms with van der Waals surface area (Å²) < 4.78 is 134. The SMILES string of the molecule is Nc1cc(S(=O)(=O)O)cc2c1C(=O)/C(=N/Nc1ccc(-c3ccc(N/N=C4/C(=O)c5c(N)cc(S(=O)(=O)O)cc5C=C4S(=O)(=O)O)c(O)c3)cc1O)C(S(=O)(=O)O)=C2.OCCNCCO.OCCNCCO.OCCNCCO.OCCNCCO.[Cu].[Cu].[H+].[H+].[H+].[H+]. The maximum Gasteiger partial charge on any atom is 1.00 e. The third-order valence-electron chi connectivity index (χ3n) is 10.6. The van der Waals surface area contributed by atoms with Crippen molar-refractivity contribution in [3.8, 4) is 22.6 Å². The van der Waals surface area contributed by atoms with E-state index in [0.29, 0.717) is 64.5 Å². The molecule has 0 heterocycles. The van der Waals surface area contributed by atoms with Crippen molar-refractivity contribution in [1.82, 2.24) is 21.3 Å². The van der Waals surface area contributed by atoms with E-state index in [1.807, 2.05) is 0 Å². The van der Waals surface area contributed by atoms with E-state index in [0.717, 1.165) is 36.4 Å². The Morgan fingerprint density at radius 2 is 0.670 bits per heavy atom. The number of hydrogen-bond acceptors (Lipinski definition) is 30. The topological polar surface area (TPSA) is 603 Å². The van der Waals surface area contributed by atoms with Gasteiger partial charge in [0.2, 0.25) is 11.6 Å². The minimum Gasteiger partial charge on any atom is -0.506 e. The predicted octanol–water partition coefficient (Wildman–Crippen LogP) is -3.10. The number of phenolic OH excluding ortho intramolecular Hbond substituents is 2. The molecule has 2 radical (unpaired) electrons. The maximum absolute atomic E-state index is 13.3. The summed E-state index contributed by atoms with van der Waals surface area (Å²) in [7, 11) is -20.1. The van der Waals surface area contributed by atoms with Crippen LogP contribution in [-0.4, -0.2) is 231 Å². The Kier molecular flexibility index (Phi) is 37.2. The van der Waals surface area contributed by atoms with E-state index >= 15 is 0 Å². The third-order valence-corrected chi connectivity index (χ3v) is 14.0. The van der Waals surface area contributed by atoms with Gasteiger partial charge in [0.05, 0.1) is 85.1 Å². The van der Waals surface area contributed by atoms with Gasteiger partial charge in [0, 0.05) is 97.9 Å². The van der Waals surface area contributed by atoms with Crippen molar-refractivity contribution < 1.29 is 152 Å². The predicted molar refractivity (Wildman–Crippen MR) is 319 cm³/mol. The minimum atomic E-state index is -5.19. The second kappa shape index (κ2) is 39.9. The van der Waals surface area contributed by atoms with Gasteiger partial charge in [0.25, 0.3) is 40.5 Å². The molecule has 6 rings (SSSR count). The summed E-state index contributed by atoms with van der Waals surface area (Å²) in [5.74, 6) is -3.44. The van der Waals surface area contributed by atoms with Crippen LogP contribution >= 0.6 is 0 Å². The number of nitrogens with one attached hydrogen (secondary N) is 6. The molecule has 88 heavy (non-hydrogen) atoms. The molecule has 0 spiro atoms. The van der Waals surface area contributed by atoms with Gasteiger partial charge in [-0.25, -0.2) is 0 Å². The molecule has 0 saturated carbocycles. The van der Waals surface area contributed by atoms with Crippen LogP contribution in [0.3, 0.4) is 0 Å². The van der Waals surface area contributed by atoms with Crippen LogP contribution in [0.2, 0.25) is 0 Å². The van der Waals surface area contributed by atoms with Crippen molar-refractivity contribution in [3.63, 3.8) is 0 Å². The number of rotatable bonds is 25. The van der Waals surface area contributed by atoms with E-state index in [4.69, 9.17) is 52.3 Å². The first-order chi connectivity index (χ1) is 40.4. The molecule has 0 fully saturated rings. The fraction of sp³-hybridized carbons (Fsp3) is 0.333. The van der Waals surface area contributed by atoms with Gasteiger partial charge < -0.3 is 83.8 Å². The Bertz CT molecular complexity index is 3320. The molecular weight excluding hydrogens is 1360 g/mol. The number of hydrogen-bond donors (Lipinski definition) is 22. The Labute approximate surface area is 532 Å². The number of carbonyl (C=O) groups excluding carboxylic acids is 2. The van der Waals surface area contributed by atoms with Crippen LogP contribution < -0.4 is 43.6 Å². The van der Waals surface area contributed by atoms with Gasteiger partial charge in [-0.2, -0.15) is 43.9 Å². The normalized spacial score (nSPS) is 13.6. The molecule has 0 amide bonds. The number of Topliss-reactive ketones (excluding diaryl/α,β-unsaturated/α-hetero) is 2. The molecule has 2 aliphatic rings. The quantitative estimate of drug-likeness (QED) is 0.00780. The average Bonchev–Trinajstić information content (AvgIpc) is 0.779. The van der Waals surface area contributed by atoms with Gasteiger partial charge in [-0.05, 0) is 82.9 Å². The summed E-state index contributed by atoms with van der Waals surface area (Å²) >= 11 is 0. The molecule has 24 N–H and O–H groups in total. The van der Waals surface area contributed by atoms with E-state index in [2.05, 4.69) is 42.3 Å². The van der Waals surface area contributed by atoms with Crippen LogP contribution in [-0.2, 0) is 74.6 Å². The first-order valence-corrected chi connectivity index (χ1v) is 30.5. The molecule has 4 aromatic carbocycles. The summed E-state index contributed by atoms with van der Waals surface area (Å²) in [5, 5.41) is 105. The minimum absolute atomic E-state index is 0. The second-order valence-corrected chi connectivity index (χ2v) is 22.5. The molecule has 40 heteroatoms. The van der Waals surface area contributed by atoms with Crippen LogP contribution in [0.4, 0.5) is 22.7 Å². The zero-order chi connectivity index (χ0) is 65.0. The van der Waals surface area contributed by atoms with Crippen LogP contribution in [0.5, 0.6) is 11.5 Å². The van der Waals surface area contributed by atoms with Crippen molar-refractivity contribution in [2.75, 3.05) is 128 Å². The number of carbonyl (C=O) groups is 2. The molecule has 0 bridgehead atoms. The van der Waals surface area contributed by atoms with Crippen molar-refractivity contribution >= 4 is 98.4 Å². The fourth-order valence-electron chi connectivity index (χ4n) is 6.83. The molecule has 4 aromatic rings. The van der Waals surface area contributed by atoms with Gasteiger partial charge in [-0.1, -0.05) is 12.1 Å². The number of nitrogens with zero attached hydrogens (tertiary/aromatic N) is 2. The largest absolute Gasteiger partial charge is 1.00 e. The van der Waals surface area contributed by atoms with E-state index < -0.39 is 117 Å². The summed E-state index contributed by atoms with van der Waals surface area (Å²) in [4.78, 5) is 23.0. The number of hydrazone groups is 2. The van der Waals surface area contributed by atoms with E-state index in [1.54, 1.807) is 0 Å². The number of aliphatic hydroxyl groups excluding tert-OH is 8. The summed E-state index contributed by atoms with van der Waals surface area (Å²) in [6.07, 6.45) is 1.40. The summed E-state index contributed by atoms with van der Waals surface area (Å²) in [6, 6.07) is 10.5. The van der Waals surface area contributed by atoms with Gasteiger partial charge in [-0.3, -0.25) is 38.7 Å². The van der Waals surface area contributed by atoms with Crippen molar-refractivity contribution in [2.45, 2.75) is 9.79 Å². The Balaban J connectivity index is -0.000000619. The number of nitrogen functional groups attached to an aromatic ring is 2. The standard InChI is InChI=1S/C32H24N6O16S4.4C4H11NO2.2Cu/c33-19-11-17(55(43,44)45)5-15-9-25(57(49,50)51)29(31(41)27(15)19)37-35-21-3-1-13(7-23(21)39)14-2-4-22(24(40)8-14)36-38-30-26(58(52,53)54)10-16-6-18(56(46,47)48)12-20(34)28(16)32(30)42;4*6-3-1-5-2-4-7;;/h1-12,35-36,39-40H,33-34H2,(H,43,44,45)(H,46,47,48)(H,49,50,51)(H,52,53,54);4*5-7H,1-4H2;;/p+4/b37-29+,38-30+;;;;;;. The van der Waals surface area contributed by atoms with E-state index in [9.17, 15) is 71.7 Å². The number of ketones is 2. The zero-order valence-corrected chi connectivity index (χ0v) is 51.0. The molecule has 34 nitrogen and oxygen atoms in total. The molecule has 2 aliphatic carbocycles. The zero-order valence-electron chi connectivity index (χ0n) is 49.9. The number of phenols is 2. The number of anilines is 4.